The summed E-state index contributed by atoms with van der Waals surface area (Å²) in [5.74, 6) is 1.89. The summed E-state index contributed by atoms with van der Waals surface area (Å²) in [6, 6.07) is 5.96. The van der Waals surface area contributed by atoms with Crippen molar-refractivity contribution in [3.05, 3.63) is 29.0 Å². The van der Waals surface area contributed by atoms with E-state index in [1.54, 1.807) is 0 Å². The second-order valence-electron chi connectivity index (χ2n) is 5.70. The van der Waals surface area contributed by atoms with E-state index in [2.05, 4.69) is 18.4 Å². The first-order valence-corrected chi connectivity index (χ1v) is 8.42. The molecule has 0 spiro atoms. The molecule has 0 aliphatic rings. The summed E-state index contributed by atoms with van der Waals surface area (Å²) >= 11 is 6.14. The minimum atomic E-state index is 0.702. The van der Waals surface area contributed by atoms with Gasteiger partial charge < -0.3 is 10.3 Å². The minimum Gasteiger partial charge on any atom is -0.330 e. The summed E-state index contributed by atoms with van der Waals surface area (Å²) in [7, 11) is 0. The fourth-order valence-electron chi connectivity index (χ4n) is 2.93. The molecule has 0 fully saturated rings. The van der Waals surface area contributed by atoms with Gasteiger partial charge in [0, 0.05) is 18.0 Å². The van der Waals surface area contributed by atoms with Crippen molar-refractivity contribution in [1.29, 1.82) is 0 Å². The molecule has 1 atom stereocenters. The van der Waals surface area contributed by atoms with Gasteiger partial charge in [-0.2, -0.15) is 0 Å². The number of hydrogen-bond donors (Lipinski definition) is 1. The Kier molecular flexibility index (Phi) is 6.07. The number of imidazole rings is 1. The highest BCUT2D eigenvalue weighted by Gasteiger charge is 2.13. The molecule has 0 aliphatic heterocycles. The van der Waals surface area contributed by atoms with Crippen molar-refractivity contribution in [3.63, 3.8) is 0 Å². The van der Waals surface area contributed by atoms with E-state index in [1.807, 2.05) is 18.2 Å². The molecule has 0 saturated heterocycles. The Morgan fingerprint density at radius 2 is 2.10 bits per heavy atom. The number of benzene rings is 1. The largest absolute Gasteiger partial charge is 0.330 e. The fraction of sp³-hybridized carbons (Fsp3) is 0.588. The van der Waals surface area contributed by atoms with Gasteiger partial charge in [-0.05, 0) is 49.9 Å². The van der Waals surface area contributed by atoms with Crippen LogP contribution in [0.4, 0.5) is 0 Å². The van der Waals surface area contributed by atoms with Gasteiger partial charge in [0.1, 0.15) is 5.82 Å². The third kappa shape index (κ3) is 3.98. The highest BCUT2D eigenvalue weighted by molar-refractivity contribution is 6.31. The van der Waals surface area contributed by atoms with Gasteiger partial charge in [0.25, 0.3) is 0 Å². The van der Waals surface area contributed by atoms with E-state index < -0.39 is 0 Å². The van der Waals surface area contributed by atoms with Crippen LogP contribution in [0, 0.1) is 5.92 Å². The van der Waals surface area contributed by atoms with Crippen LogP contribution in [0.1, 0.15) is 45.4 Å². The van der Waals surface area contributed by atoms with E-state index in [1.165, 1.54) is 12.2 Å². The van der Waals surface area contributed by atoms with Gasteiger partial charge >= 0.3 is 0 Å². The Hall–Kier alpha value is -1.06. The van der Waals surface area contributed by atoms with Crippen LogP contribution in [-0.2, 0) is 13.0 Å². The van der Waals surface area contributed by atoms with Crippen LogP contribution in [0.5, 0.6) is 0 Å². The highest BCUT2D eigenvalue weighted by atomic mass is 35.5. The topological polar surface area (TPSA) is 43.8 Å². The molecule has 0 amide bonds. The van der Waals surface area contributed by atoms with Gasteiger partial charge in [-0.1, -0.05) is 31.9 Å². The van der Waals surface area contributed by atoms with E-state index >= 15 is 0 Å². The molecule has 1 unspecified atom stereocenters. The van der Waals surface area contributed by atoms with E-state index in [4.69, 9.17) is 22.3 Å². The molecule has 1 aromatic heterocycles. The lowest BCUT2D eigenvalue weighted by molar-refractivity contribution is 0.435. The molecule has 2 aromatic rings. The summed E-state index contributed by atoms with van der Waals surface area (Å²) in [6.07, 6.45) is 5.58. The highest BCUT2D eigenvalue weighted by Crippen LogP contribution is 2.23. The van der Waals surface area contributed by atoms with E-state index in [0.29, 0.717) is 5.92 Å². The second-order valence-corrected chi connectivity index (χ2v) is 6.14. The van der Waals surface area contributed by atoms with Gasteiger partial charge in [-0.25, -0.2) is 4.98 Å². The molecule has 2 N–H and O–H groups in total. The molecule has 4 heteroatoms. The zero-order valence-corrected chi connectivity index (χ0v) is 13.9. The zero-order chi connectivity index (χ0) is 15.2. The molecule has 0 saturated carbocycles. The molecular formula is C17H26ClN3. The van der Waals surface area contributed by atoms with E-state index in [-0.39, 0.29) is 0 Å². The molecule has 0 radical (unpaired) electrons. The summed E-state index contributed by atoms with van der Waals surface area (Å²) in [5, 5.41) is 0.779. The molecule has 116 valence electrons. The van der Waals surface area contributed by atoms with Crippen molar-refractivity contribution < 1.29 is 0 Å². The monoisotopic (exact) mass is 307 g/mol. The Labute approximate surface area is 132 Å². The second kappa shape index (κ2) is 7.81. The summed E-state index contributed by atoms with van der Waals surface area (Å²) in [4.78, 5) is 4.81. The molecule has 2 rings (SSSR count). The quantitative estimate of drug-likeness (QED) is 0.785. The van der Waals surface area contributed by atoms with Crippen molar-refractivity contribution in [3.8, 4) is 0 Å². The molecule has 0 bridgehead atoms. The zero-order valence-electron chi connectivity index (χ0n) is 13.1. The molecule has 1 heterocycles. The maximum Gasteiger partial charge on any atom is 0.109 e. The standard InChI is InChI=1S/C17H26ClN3/c1-3-11-21-16-12-14(18)6-7-15(16)20-17(21)8-5-13(4-2)9-10-19/h6-7,12-13H,3-5,8-11,19H2,1-2H3. The van der Waals surface area contributed by atoms with Crippen LogP contribution in [0.15, 0.2) is 18.2 Å². The number of rotatable bonds is 8. The predicted molar refractivity (Wildman–Crippen MR) is 90.8 cm³/mol. The fourth-order valence-corrected chi connectivity index (χ4v) is 3.10. The van der Waals surface area contributed by atoms with Gasteiger partial charge in [-0.15, -0.1) is 0 Å². The van der Waals surface area contributed by atoms with Crippen molar-refractivity contribution in [2.75, 3.05) is 6.54 Å². The van der Waals surface area contributed by atoms with Crippen molar-refractivity contribution in [2.24, 2.45) is 11.7 Å². The molecular weight excluding hydrogens is 282 g/mol. The number of fused-ring (bicyclic) bond motifs is 1. The SMILES string of the molecule is CCCn1c(CCC(CC)CCN)nc2ccc(Cl)cc21. The minimum absolute atomic E-state index is 0.702. The third-order valence-electron chi connectivity index (χ3n) is 4.17. The van der Waals surface area contributed by atoms with Crippen molar-refractivity contribution >= 4 is 22.6 Å². The van der Waals surface area contributed by atoms with Crippen LogP contribution >= 0.6 is 11.6 Å². The lowest BCUT2D eigenvalue weighted by Gasteiger charge is -2.14. The van der Waals surface area contributed by atoms with E-state index in [0.717, 1.165) is 54.8 Å². The number of aromatic nitrogens is 2. The van der Waals surface area contributed by atoms with Crippen LogP contribution in [-0.4, -0.2) is 16.1 Å². The Balaban J connectivity index is 2.23. The number of nitrogens with two attached hydrogens (primary N) is 1. The van der Waals surface area contributed by atoms with Gasteiger partial charge in [-0.3, -0.25) is 0 Å². The van der Waals surface area contributed by atoms with Crippen LogP contribution < -0.4 is 5.73 Å². The van der Waals surface area contributed by atoms with Crippen LogP contribution in [0.3, 0.4) is 0 Å². The number of nitrogens with zero attached hydrogens (tertiary/aromatic N) is 2. The summed E-state index contributed by atoms with van der Waals surface area (Å²) in [5.41, 5.74) is 7.90. The maximum absolute atomic E-state index is 6.14. The predicted octanol–water partition coefficient (Wildman–Crippen LogP) is 4.41. The maximum atomic E-state index is 6.14. The van der Waals surface area contributed by atoms with Crippen molar-refractivity contribution in [1.82, 2.24) is 9.55 Å². The molecule has 21 heavy (non-hydrogen) atoms. The van der Waals surface area contributed by atoms with Gasteiger partial charge in [0.15, 0.2) is 0 Å². The molecule has 1 aromatic carbocycles. The summed E-state index contributed by atoms with van der Waals surface area (Å²) in [6.45, 7) is 6.22. The van der Waals surface area contributed by atoms with E-state index in [9.17, 15) is 0 Å². The first-order valence-electron chi connectivity index (χ1n) is 8.04. The normalized spacial score (nSPS) is 13.0. The van der Waals surface area contributed by atoms with Crippen molar-refractivity contribution in [2.45, 2.75) is 52.5 Å². The molecule has 3 nitrogen and oxygen atoms in total. The average Bonchev–Trinajstić information content (AvgIpc) is 2.81. The lowest BCUT2D eigenvalue weighted by Crippen LogP contribution is -2.11. The Morgan fingerprint density at radius 1 is 1.29 bits per heavy atom. The van der Waals surface area contributed by atoms with Crippen LogP contribution in [0.2, 0.25) is 5.02 Å². The number of halogens is 1. The number of aryl methyl sites for hydroxylation is 2. The summed E-state index contributed by atoms with van der Waals surface area (Å²) < 4.78 is 2.33. The van der Waals surface area contributed by atoms with Gasteiger partial charge in [0.05, 0.1) is 11.0 Å². The lowest BCUT2D eigenvalue weighted by atomic mass is 9.96. The van der Waals surface area contributed by atoms with Crippen LogP contribution in [0.25, 0.3) is 11.0 Å². The Morgan fingerprint density at radius 3 is 2.76 bits per heavy atom. The first-order chi connectivity index (χ1) is 10.2. The molecule has 0 aliphatic carbocycles. The first kappa shape index (κ1) is 16.3. The third-order valence-corrected chi connectivity index (χ3v) is 4.40. The van der Waals surface area contributed by atoms with Gasteiger partial charge in [0.2, 0.25) is 0 Å². The number of hydrogen-bond acceptors (Lipinski definition) is 2. The Bertz CT molecular complexity index is 577. The average molecular weight is 308 g/mol. The smallest absolute Gasteiger partial charge is 0.109 e.